The van der Waals surface area contributed by atoms with Gasteiger partial charge < -0.3 is 10.7 Å². The van der Waals surface area contributed by atoms with Gasteiger partial charge in [-0.2, -0.15) is 0 Å². The lowest BCUT2D eigenvalue weighted by Gasteiger charge is -2.21. The van der Waals surface area contributed by atoms with E-state index in [0.717, 1.165) is 17.3 Å². The number of hydrogen-bond acceptors (Lipinski definition) is 1. The largest absolute Gasteiger partial charge is 0.357 e. The number of fused-ring (bicyclic) bond motifs is 1. The molecular formula is C13H15BrN2. The number of rotatable bonds is 1. The van der Waals surface area contributed by atoms with E-state index in [0.29, 0.717) is 0 Å². The van der Waals surface area contributed by atoms with Crippen LogP contribution in [0.3, 0.4) is 0 Å². The van der Waals surface area contributed by atoms with E-state index in [2.05, 4.69) is 45.2 Å². The minimum Gasteiger partial charge on any atom is -0.357 e. The molecule has 0 unspecified atom stereocenters. The van der Waals surface area contributed by atoms with Gasteiger partial charge in [0.05, 0.1) is 5.54 Å². The smallest absolute Gasteiger partial charge is 0.0561 e. The lowest BCUT2D eigenvalue weighted by molar-refractivity contribution is 0.450. The van der Waals surface area contributed by atoms with Gasteiger partial charge in [0, 0.05) is 21.1 Å². The summed E-state index contributed by atoms with van der Waals surface area (Å²) in [6, 6.07) is 8.49. The van der Waals surface area contributed by atoms with Crippen LogP contribution in [0, 0.1) is 0 Å². The van der Waals surface area contributed by atoms with Gasteiger partial charge in [-0.15, -0.1) is 0 Å². The Balaban J connectivity index is 2.11. The molecule has 1 heterocycles. The first-order valence-corrected chi connectivity index (χ1v) is 6.54. The Hall–Kier alpha value is -0.800. The van der Waals surface area contributed by atoms with Crippen LogP contribution in [0.4, 0.5) is 0 Å². The number of nitrogens with two attached hydrogens (primary N) is 1. The van der Waals surface area contributed by atoms with Gasteiger partial charge in [0.15, 0.2) is 0 Å². The molecule has 3 N–H and O–H groups in total. The van der Waals surface area contributed by atoms with Crippen LogP contribution < -0.4 is 5.73 Å². The average molecular weight is 279 g/mol. The van der Waals surface area contributed by atoms with Crippen LogP contribution >= 0.6 is 15.9 Å². The van der Waals surface area contributed by atoms with Crippen LogP contribution in [-0.4, -0.2) is 4.98 Å². The summed E-state index contributed by atoms with van der Waals surface area (Å²) < 4.78 is 1.11. The lowest BCUT2D eigenvalue weighted by Crippen LogP contribution is -2.33. The van der Waals surface area contributed by atoms with Gasteiger partial charge in [-0.25, -0.2) is 0 Å². The highest BCUT2D eigenvalue weighted by Gasteiger charge is 2.32. The summed E-state index contributed by atoms with van der Waals surface area (Å²) >= 11 is 3.49. The third-order valence-corrected chi connectivity index (χ3v) is 4.11. The highest BCUT2D eigenvalue weighted by molar-refractivity contribution is 9.10. The molecule has 16 heavy (non-hydrogen) atoms. The first kappa shape index (κ1) is 10.4. The predicted molar refractivity (Wildman–Crippen MR) is 70.3 cm³/mol. The molecule has 0 radical (unpaired) electrons. The fourth-order valence-electron chi connectivity index (χ4n) is 2.65. The van der Waals surface area contributed by atoms with Crippen LogP contribution in [-0.2, 0) is 5.54 Å². The Labute approximate surface area is 103 Å². The number of H-pyrrole nitrogens is 1. The summed E-state index contributed by atoms with van der Waals surface area (Å²) in [4.78, 5) is 3.46. The zero-order chi connectivity index (χ0) is 11.2. The van der Waals surface area contributed by atoms with E-state index in [9.17, 15) is 0 Å². The molecule has 1 aromatic carbocycles. The molecule has 1 aliphatic rings. The maximum absolute atomic E-state index is 6.44. The van der Waals surface area contributed by atoms with E-state index in [1.54, 1.807) is 0 Å². The molecular weight excluding hydrogens is 264 g/mol. The lowest BCUT2D eigenvalue weighted by atomic mass is 9.95. The number of aromatic nitrogens is 1. The SMILES string of the molecule is NC1(c2cc3cc(Br)ccc3[nH]2)CCCC1. The topological polar surface area (TPSA) is 41.8 Å². The molecule has 2 aromatic rings. The van der Waals surface area contributed by atoms with Gasteiger partial charge in [-0.1, -0.05) is 28.8 Å². The Kier molecular flexibility index (Phi) is 2.33. The second kappa shape index (κ2) is 3.60. The molecule has 84 valence electrons. The second-order valence-electron chi connectivity index (χ2n) is 4.78. The summed E-state index contributed by atoms with van der Waals surface area (Å²) in [5.41, 5.74) is 8.69. The van der Waals surface area contributed by atoms with Gasteiger partial charge in [0.1, 0.15) is 0 Å². The van der Waals surface area contributed by atoms with E-state index in [1.807, 2.05) is 0 Å². The number of nitrogens with one attached hydrogen (secondary N) is 1. The average Bonchev–Trinajstić information content (AvgIpc) is 2.84. The van der Waals surface area contributed by atoms with Crippen molar-refractivity contribution in [3.8, 4) is 0 Å². The monoisotopic (exact) mass is 278 g/mol. The van der Waals surface area contributed by atoms with Crippen molar-refractivity contribution < 1.29 is 0 Å². The third kappa shape index (κ3) is 1.59. The summed E-state index contributed by atoms with van der Waals surface area (Å²) in [5, 5.41) is 1.24. The Morgan fingerprint density at radius 2 is 1.94 bits per heavy atom. The Bertz CT molecular complexity index is 524. The van der Waals surface area contributed by atoms with Gasteiger partial charge in [0.2, 0.25) is 0 Å². The van der Waals surface area contributed by atoms with Gasteiger partial charge in [-0.05, 0) is 37.1 Å². The first-order valence-electron chi connectivity index (χ1n) is 5.75. The van der Waals surface area contributed by atoms with Crippen LogP contribution in [0.2, 0.25) is 0 Å². The van der Waals surface area contributed by atoms with Gasteiger partial charge >= 0.3 is 0 Å². The van der Waals surface area contributed by atoms with Crippen molar-refractivity contribution in [2.45, 2.75) is 31.2 Å². The molecule has 1 aliphatic carbocycles. The second-order valence-corrected chi connectivity index (χ2v) is 5.69. The third-order valence-electron chi connectivity index (χ3n) is 3.61. The van der Waals surface area contributed by atoms with Crippen molar-refractivity contribution in [1.29, 1.82) is 0 Å². The quantitative estimate of drug-likeness (QED) is 0.821. The maximum Gasteiger partial charge on any atom is 0.0561 e. The molecule has 0 aliphatic heterocycles. The summed E-state index contributed by atoms with van der Waals surface area (Å²) in [7, 11) is 0. The van der Waals surface area contributed by atoms with Crippen LogP contribution in [0.5, 0.6) is 0 Å². The minimum atomic E-state index is -0.120. The van der Waals surface area contributed by atoms with E-state index in [-0.39, 0.29) is 5.54 Å². The van der Waals surface area contributed by atoms with E-state index >= 15 is 0 Å². The molecule has 2 nitrogen and oxygen atoms in total. The molecule has 3 rings (SSSR count). The summed E-state index contributed by atoms with van der Waals surface area (Å²) in [5.74, 6) is 0. The standard InChI is InChI=1S/C13H15BrN2/c14-10-3-4-11-9(7-10)8-12(16-11)13(15)5-1-2-6-13/h3-4,7-8,16H,1-2,5-6,15H2. The zero-order valence-electron chi connectivity index (χ0n) is 9.09. The van der Waals surface area contributed by atoms with Crippen molar-refractivity contribution in [1.82, 2.24) is 4.98 Å². The van der Waals surface area contributed by atoms with Crippen molar-refractivity contribution in [3.05, 3.63) is 34.4 Å². The molecule has 3 heteroatoms. The molecule has 1 fully saturated rings. The molecule has 0 atom stereocenters. The van der Waals surface area contributed by atoms with Crippen molar-refractivity contribution >= 4 is 26.8 Å². The Morgan fingerprint density at radius 1 is 1.19 bits per heavy atom. The number of hydrogen-bond donors (Lipinski definition) is 2. The minimum absolute atomic E-state index is 0.120. The zero-order valence-corrected chi connectivity index (χ0v) is 10.7. The highest BCUT2D eigenvalue weighted by Crippen LogP contribution is 2.37. The number of benzene rings is 1. The Morgan fingerprint density at radius 3 is 2.69 bits per heavy atom. The fourth-order valence-corrected chi connectivity index (χ4v) is 3.03. The van der Waals surface area contributed by atoms with Crippen molar-refractivity contribution in [2.75, 3.05) is 0 Å². The van der Waals surface area contributed by atoms with E-state index in [1.165, 1.54) is 29.4 Å². The molecule has 0 amide bonds. The molecule has 0 saturated heterocycles. The first-order chi connectivity index (χ1) is 7.67. The van der Waals surface area contributed by atoms with Gasteiger partial charge in [-0.3, -0.25) is 0 Å². The maximum atomic E-state index is 6.44. The molecule has 0 bridgehead atoms. The van der Waals surface area contributed by atoms with Crippen LogP contribution in [0.25, 0.3) is 10.9 Å². The predicted octanol–water partition coefficient (Wildman–Crippen LogP) is 3.66. The summed E-state index contributed by atoms with van der Waals surface area (Å²) in [6.45, 7) is 0. The fraction of sp³-hybridized carbons (Fsp3) is 0.385. The number of aromatic amines is 1. The summed E-state index contributed by atoms with van der Waals surface area (Å²) in [6.07, 6.45) is 4.69. The molecule has 0 spiro atoms. The van der Waals surface area contributed by atoms with Crippen molar-refractivity contribution in [2.24, 2.45) is 5.73 Å². The molecule has 1 saturated carbocycles. The van der Waals surface area contributed by atoms with Crippen molar-refractivity contribution in [3.63, 3.8) is 0 Å². The molecule has 1 aromatic heterocycles. The van der Waals surface area contributed by atoms with Gasteiger partial charge in [0.25, 0.3) is 0 Å². The highest BCUT2D eigenvalue weighted by atomic mass is 79.9. The normalized spacial score (nSPS) is 19.4. The van der Waals surface area contributed by atoms with E-state index in [4.69, 9.17) is 5.73 Å². The number of halogens is 1. The van der Waals surface area contributed by atoms with E-state index < -0.39 is 0 Å². The van der Waals surface area contributed by atoms with Crippen LogP contribution in [0.15, 0.2) is 28.7 Å². The van der Waals surface area contributed by atoms with Crippen LogP contribution in [0.1, 0.15) is 31.4 Å².